The zero-order valence-corrected chi connectivity index (χ0v) is 4.44. The summed E-state index contributed by atoms with van der Waals surface area (Å²) in [6.07, 6.45) is 0.852. The molecule has 0 unspecified atom stereocenters. The summed E-state index contributed by atoms with van der Waals surface area (Å²) in [5.41, 5.74) is 0. The van der Waals surface area contributed by atoms with Crippen LogP contribution in [0.1, 0.15) is 17.1 Å². The van der Waals surface area contributed by atoms with Crippen molar-refractivity contribution in [2.75, 3.05) is 0 Å². The molecule has 1 aromatic heterocycles. The molecule has 0 N–H and O–H groups in total. The van der Waals surface area contributed by atoms with Crippen molar-refractivity contribution in [3.8, 4) is 0 Å². The standard InChI is InChI=1S/C5H4OS.CH4/c6-4-5-2-1-3-7-5;/h1-4H;1H4. The first-order valence-electron chi connectivity index (χ1n) is 1.92. The summed E-state index contributed by atoms with van der Waals surface area (Å²) >= 11 is 1.45. The van der Waals surface area contributed by atoms with Crippen molar-refractivity contribution < 1.29 is 4.79 Å². The number of rotatable bonds is 1. The Morgan fingerprint density at radius 3 is 2.62 bits per heavy atom. The highest BCUT2D eigenvalue weighted by Crippen LogP contribution is 2.02. The monoisotopic (exact) mass is 128 g/mol. The highest BCUT2D eigenvalue weighted by Gasteiger charge is 1.82. The normalized spacial score (nSPS) is 7.50. The molecule has 0 aromatic carbocycles. The van der Waals surface area contributed by atoms with E-state index in [1.807, 2.05) is 11.4 Å². The van der Waals surface area contributed by atoms with Crippen molar-refractivity contribution in [1.82, 2.24) is 0 Å². The Morgan fingerprint density at radius 2 is 2.38 bits per heavy atom. The number of hydrogen-bond acceptors (Lipinski definition) is 2. The van der Waals surface area contributed by atoms with Crippen LogP contribution in [0.3, 0.4) is 0 Å². The predicted octanol–water partition coefficient (Wildman–Crippen LogP) is 2.20. The molecular weight excluding hydrogens is 120 g/mol. The third kappa shape index (κ3) is 1.46. The molecule has 0 aliphatic carbocycles. The van der Waals surface area contributed by atoms with Gasteiger partial charge in [-0.15, -0.1) is 11.3 Å². The Balaban J connectivity index is 0.000000490. The van der Waals surface area contributed by atoms with Crippen LogP contribution < -0.4 is 0 Å². The van der Waals surface area contributed by atoms with Crippen LogP contribution in [0.15, 0.2) is 17.5 Å². The molecule has 2 heteroatoms. The van der Waals surface area contributed by atoms with Crippen LogP contribution in [-0.4, -0.2) is 6.29 Å². The molecule has 0 fully saturated rings. The van der Waals surface area contributed by atoms with Crippen molar-refractivity contribution in [1.29, 1.82) is 0 Å². The number of thiophene rings is 1. The van der Waals surface area contributed by atoms with E-state index < -0.39 is 0 Å². The van der Waals surface area contributed by atoms with Gasteiger partial charge in [0.15, 0.2) is 6.29 Å². The molecule has 44 valence electrons. The van der Waals surface area contributed by atoms with Gasteiger partial charge in [-0.05, 0) is 11.4 Å². The second-order valence-electron chi connectivity index (χ2n) is 1.13. The van der Waals surface area contributed by atoms with Gasteiger partial charge in [0, 0.05) is 0 Å². The zero-order valence-electron chi connectivity index (χ0n) is 3.63. The van der Waals surface area contributed by atoms with Crippen LogP contribution in [0, 0.1) is 0 Å². The lowest BCUT2D eigenvalue weighted by molar-refractivity contribution is 0.112. The average Bonchev–Trinajstić information content (AvgIpc) is 2.14. The molecule has 0 spiro atoms. The van der Waals surface area contributed by atoms with E-state index >= 15 is 0 Å². The molecule has 1 heterocycles. The molecule has 8 heavy (non-hydrogen) atoms. The lowest BCUT2D eigenvalue weighted by Gasteiger charge is -1.66. The van der Waals surface area contributed by atoms with Crippen LogP contribution >= 0.6 is 11.3 Å². The summed E-state index contributed by atoms with van der Waals surface area (Å²) in [6, 6.07) is 3.64. The van der Waals surface area contributed by atoms with E-state index in [1.165, 1.54) is 11.3 Å². The largest absolute Gasteiger partial charge is 0.297 e. The Kier molecular flexibility index (Phi) is 3.12. The number of carbonyl (C=O) groups excluding carboxylic acids is 1. The van der Waals surface area contributed by atoms with Crippen LogP contribution in [0.5, 0.6) is 0 Å². The summed E-state index contributed by atoms with van der Waals surface area (Å²) in [6.45, 7) is 0. The quantitative estimate of drug-likeness (QED) is 0.530. The van der Waals surface area contributed by atoms with E-state index in [1.54, 1.807) is 6.07 Å². The SMILES string of the molecule is C.O=Cc1cccs1. The number of carbonyl (C=O) groups is 1. The first-order valence-corrected chi connectivity index (χ1v) is 2.80. The highest BCUT2D eigenvalue weighted by atomic mass is 32.1. The third-order valence-corrected chi connectivity index (χ3v) is 1.46. The molecule has 1 rings (SSSR count). The fourth-order valence-electron chi connectivity index (χ4n) is 0.358. The van der Waals surface area contributed by atoms with E-state index in [4.69, 9.17) is 0 Å². The fraction of sp³-hybridized carbons (Fsp3) is 0.167. The Labute approximate surface area is 53.0 Å². The predicted molar refractivity (Wildman–Crippen MR) is 36.4 cm³/mol. The highest BCUT2D eigenvalue weighted by molar-refractivity contribution is 7.11. The van der Waals surface area contributed by atoms with Gasteiger partial charge in [0.1, 0.15) is 0 Å². The molecule has 1 nitrogen and oxygen atoms in total. The van der Waals surface area contributed by atoms with Crippen molar-refractivity contribution in [3.63, 3.8) is 0 Å². The minimum atomic E-state index is 0. The maximum absolute atomic E-state index is 9.88. The fourth-order valence-corrected chi connectivity index (χ4v) is 0.885. The first kappa shape index (κ1) is 7.37. The van der Waals surface area contributed by atoms with E-state index in [9.17, 15) is 4.79 Å². The van der Waals surface area contributed by atoms with Crippen molar-refractivity contribution in [3.05, 3.63) is 22.4 Å². The van der Waals surface area contributed by atoms with Gasteiger partial charge < -0.3 is 0 Å². The van der Waals surface area contributed by atoms with E-state index in [2.05, 4.69) is 0 Å². The van der Waals surface area contributed by atoms with E-state index in [0.29, 0.717) is 0 Å². The van der Waals surface area contributed by atoms with E-state index in [-0.39, 0.29) is 7.43 Å². The first-order chi connectivity index (χ1) is 3.43. The number of aldehydes is 1. The summed E-state index contributed by atoms with van der Waals surface area (Å²) in [5, 5.41) is 1.88. The van der Waals surface area contributed by atoms with Crippen LogP contribution in [0.25, 0.3) is 0 Å². The van der Waals surface area contributed by atoms with Gasteiger partial charge in [0.25, 0.3) is 0 Å². The molecular formula is C6H8OS. The second kappa shape index (κ2) is 3.38. The Morgan fingerprint density at radius 1 is 1.62 bits per heavy atom. The zero-order chi connectivity index (χ0) is 5.11. The molecule has 0 aliphatic heterocycles. The maximum Gasteiger partial charge on any atom is 0.159 e. The van der Waals surface area contributed by atoms with Crippen LogP contribution in [-0.2, 0) is 0 Å². The van der Waals surface area contributed by atoms with Gasteiger partial charge in [-0.2, -0.15) is 0 Å². The molecule has 0 saturated carbocycles. The van der Waals surface area contributed by atoms with Crippen LogP contribution in [0.2, 0.25) is 0 Å². The molecule has 0 amide bonds. The van der Waals surface area contributed by atoms with Gasteiger partial charge in [0.05, 0.1) is 4.88 Å². The van der Waals surface area contributed by atoms with Gasteiger partial charge >= 0.3 is 0 Å². The van der Waals surface area contributed by atoms with Gasteiger partial charge in [0.2, 0.25) is 0 Å². The molecule has 0 radical (unpaired) electrons. The molecule has 1 aromatic rings. The molecule has 0 bridgehead atoms. The maximum atomic E-state index is 9.88. The third-order valence-electron chi connectivity index (χ3n) is 0.659. The lowest BCUT2D eigenvalue weighted by Crippen LogP contribution is -1.61. The van der Waals surface area contributed by atoms with E-state index in [0.717, 1.165) is 11.2 Å². The summed E-state index contributed by atoms with van der Waals surface area (Å²) in [4.78, 5) is 10.7. The Hall–Kier alpha value is -0.630. The summed E-state index contributed by atoms with van der Waals surface area (Å²) < 4.78 is 0. The lowest BCUT2D eigenvalue weighted by atomic mass is 10.5. The summed E-state index contributed by atoms with van der Waals surface area (Å²) in [5.74, 6) is 0. The average molecular weight is 128 g/mol. The number of hydrogen-bond donors (Lipinski definition) is 0. The minimum Gasteiger partial charge on any atom is -0.297 e. The smallest absolute Gasteiger partial charge is 0.159 e. The Bertz CT molecular complexity index is 144. The molecule has 0 aliphatic rings. The topological polar surface area (TPSA) is 17.1 Å². The van der Waals surface area contributed by atoms with Crippen molar-refractivity contribution >= 4 is 17.6 Å². The van der Waals surface area contributed by atoms with Gasteiger partial charge in [-0.1, -0.05) is 13.5 Å². The molecule has 0 atom stereocenters. The minimum absolute atomic E-state index is 0. The summed E-state index contributed by atoms with van der Waals surface area (Å²) in [7, 11) is 0. The van der Waals surface area contributed by atoms with Gasteiger partial charge in [-0.3, -0.25) is 4.79 Å². The van der Waals surface area contributed by atoms with Crippen molar-refractivity contribution in [2.24, 2.45) is 0 Å². The van der Waals surface area contributed by atoms with Crippen molar-refractivity contribution in [2.45, 2.75) is 7.43 Å². The van der Waals surface area contributed by atoms with Crippen LogP contribution in [0.4, 0.5) is 0 Å². The molecule has 0 saturated heterocycles. The van der Waals surface area contributed by atoms with Gasteiger partial charge in [-0.25, -0.2) is 0 Å². The second-order valence-corrected chi connectivity index (χ2v) is 2.11.